The molecule has 1 aliphatic rings. The molecule has 2 aromatic rings. The standard InChI is InChI=1S/C19H23N3O2/c1-13-12-15(19(24)22-11-4-3-6-14(22)2)8-9-16(13)21-18(23)17-7-5-10-20-17/h5,7-10,12,14,20H,3-4,6,11H2,1-2H3,(H,21,23). The SMILES string of the molecule is Cc1cc(C(=O)N2CCCCC2C)ccc1NC(=O)c1ccc[nH]1. The maximum atomic E-state index is 12.7. The molecule has 2 heterocycles. The van der Waals surface area contributed by atoms with E-state index in [1.807, 2.05) is 17.9 Å². The van der Waals surface area contributed by atoms with Crippen LogP contribution in [0.15, 0.2) is 36.5 Å². The second-order valence-electron chi connectivity index (χ2n) is 6.41. The van der Waals surface area contributed by atoms with E-state index in [4.69, 9.17) is 0 Å². The summed E-state index contributed by atoms with van der Waals surface area (Å²) in [5.74, 6) is -0.112. The Balaban J connectivity index is 1.74. The van der Waals surface area contributed by atoms with Gasteiger partial charge in [-0.3, -0.25) is 9.59 Å². The van der Waals surface area contributed by atoms with E-state index in [0.717, 1.165) is 30.6 Å². The lowest BCUT2D eigenvalue weighted by Crippen LogP contribution is -2.42. The highest BCUT2D eigenvalue weighted by Gasteiger charge is 2.24. The molecular weight excluding hydrogens is 302 g/mol. The molecule has 2 amide bonds. The van der Waals surface area contributed by atoms with Crippen molar-refractivity contribution in [3.63, 3.8) is 0 Å². The molecule has 0 spiro atoms. The fourth-order valence-electron chi connectivity index (χ4n) is 3.16. The monoisotopic (exact) mass is 325 g/mol. The van der Waals surface area contributed by atoms with Gasteiger partial charge in [-0.2, -0.15) is 0 Å². The van der Waals surface area contributed by atoms with Crippen LogP contribution in [0.5, 0.6) is 0 Å². The number of carbonyl (C=O) groups excluding carboxylic acids is 2. The number of nitrogens with one attached hydrogen (secondary N) is 2. The quantitative estimate of drug-likeness (QED) is 0.905. The minimum atomic E-state index is -0.188. The highest BCUT2D eigenvalue weighted by molar-refractivity contribution is 6.04. The second kappa shape index (κ2) is 6.91. The van der Waals surface area contributed by atoms with E-state index in [1.54, 1.807) is 30.5 Å². The van der Waals surface area contributed by atoms with E-state index >= 15 is 0 Å². The number of aromatic nitrogens is 1. The summed E-state index contributed by atoms with van der Waals surface area (Å²) in [4.78, 5) is 29.7. The zero-order valence-corrected chi connectivity index (χ0v) is 14.1. The molecule has 0 saturated carbocycles. The Hall–Kier alpha value is -2.56. The first-order valence-corrected chi connectivity index (χ1v) is 8.42. The lowest BCUT2D eigenvalue weighted by atomic mass is 10.0. The number of aryl methyl sites for hydroxylation is 1. The molecule has 0 radical (unpaired) electrons. The van der Waals surface area contributed by atoms with Crippen LogP contribution in [0, 0.1) is 6.92 Å². The van der Waals surface area contributed by atoms with Gasteiger partial charge in [0, 0.05) is 30.0 Å². The van der Waals surface area contributed by atoms with Crippen LogP contribution in [0.3, 0.4) is 0 Å². The van der Waals surface area contributed by atoms with Crippen LogP contribution in [0.25, 0.3) is 0 Å². The molecule has 1 aliphatic heterocycles. The summed E-state index contributed by atoms with van der Waals surface area (Å²) < 4.78 is 0. The van der Waals surface area contributed by atoms with E-state index in [-0.39, 0.29) is 11.8 Å². The zero-order chi connectivity index (χ0) is 17.1. The van der Waals surface area contributed by atoms with E-state index in [2.05, 4.69) is 17.2 Å². The summed E-state index contributed by atoms with van der Waals surface area (Å²) in [5.41, 5.74) is 2.79. The molecule has 1 atom stereocenters. The highest BCUT2D eigenvalue weighted by atomic mass is 16.2. The second-order valence-corrected chi connectivity index (χ2v) is 6.41. The molecule has 2 N–H and O–H groups in total. The average molecular weight is 325 g/mol. The number of nitrogens with zero attached hydrogens (tertiary/aromatic N) is 1. The predicted octanol–water partition coefficient (Wildman–Crippen LogP) is 3.59. The molecule has 1 unspecified atom stereocenters. The maximum absolute atomic E-state index is 12.7. The van der Waals surface area contributed by atoms with Gasteiger partial charge in [-0.15, -0.1) is 0 Å². The van der Waals surface area contributed by atoms with Crippen molar-refractivity contribution in [3.05, 3.63) is 53.3 Å². The third-order valence-corrected chi connectivity index (χ3v) is 4.63. The molecule has 126 valence electrons. The molecular formula is C19H23N3O2. The van der Waals surface area contributed by atoms with Gasteiger partial charge in [0.05, 0.1) is 0 Å². The zero-order valence-electron chi connectivity index (χ0n) is 14.1. The first-order valence-electron chi connectivity index (χ1n) is 8.42. The van der Waals surface area contributed by atoms with Crippen LogP contribution in [-0.4, -0.2) is 34.3 Å². The topological polar surface area (TPSA) is 65.2 Å². The molecule has 5 heteroatoms. The lowest BCUT2D eigenvalue weighted by Gasteiger charge is -2.33. The van der Waals surface area contributed by atoms with Gasteiger partial charge in [-0.05, 0) is 69.0 Å². The number of benzene rings is 1. The summed E-state index contributed by atoms with van der Waals surface area (Å²) in [6.07, 6.45) is 5.03. The Bertz CT molecular complexity index is 737. The van der Waals surface area contributed by atoms with Gasteiger partial charge in [-0.25, -0.2) is 0 Å². The van der Waals surface area contributed by atoms with Gasteiger partial charge in [0.2, 0.25) is 0 Å². The smallest absolute Gasteiger partial charge is 0.272 e. The van der Waals surface area contributed by atoms with Crippen LogP contribution in [-0.2, 0) is 0 Å². The molecule has 0 bridgehead atoms. The Morgan fingerprint density at radius 1 is 1.25 bits per heavy atom. The van der Waals surface area contributed by atoms with Gasteiger partial charge < -0.3 is 15.2 Å². The van der Waals surface area contributed by atoms with Gasteiger partial charge in [0.1, 0.15) is 5.69 Å². The number of likely N-dealkylation sites (tertiary alicyclic amines) is 1. The van der Waals surface area contributed by atoms with Crippen LogP contribution in [0.1, 0.15) is 52.6 Å². The van der Waals surface area contributed by atoms with Crippen molar-refractivity contribution in [2.45, 2.75) is 39.2 Å². The van der Waals surface area contributed by atoms with Crippen molar-refractivity contribution in [1.82, 2.24) is 9.88 Å². The van der Waals surface area contributed by atoms with Crippen LogP contribution >= 0.6 is 0 Å². The number of rotatable bonds is 3. The predicted molar refractivity (Wildman–Crippen MR) is 94.3 cm³/mol. The number of hydrogen-bond acceptors (Lipinski definition) is 2. The third-order valence-electron chi connectivity index (χ3n) is 4.63. The number of piperidine rings is 1. The van der Waals surface area contributed by atoms with Crippen LogP contribution in [0.4, 0.5) is 5.69 Å². The summed E-state index contributed by atoms with van der Waals surface area (Å²) in [6.45, 7) is 4.83. The fourth-order valence-corrected chi connectivity index (χ4v) is 3.16. The number of amides is 2. The molecule has 1 aromatic heterocycles. The van der Waals surface area contributed by atoms with E-state index in [0.29, 0.717) is 17.3 Å². The van der Waals surface area contributed by atoms with Crippen LogP contribution < -0.4 is 5.32 Å². The molecule has 24 heavy (non-hydrogen) atoms. The first-order chi connectivity index (χ1) is 11.6. The summed E-state index contributed by atoms with van der Waals surface area (Å²) >= 11 is 0. The van der Waals surface area contributed by atoms with E-state index < -0.39 is 0 Å². The lowest BCUT2D eigenvalue weighted by molar-refractivity contribution is 0.0635. The molecule has 1 aromatic carbocycles. The Labute approximate surface area is 142 Å². The molecule has 1 fully saturated rings. The molecule has 5 nitrogen and oxygen atoms in total. The minimum absolute atomic E-state index is 0.0764. The minimum Gasteiger partial charge on any atom is -0.357 e. The number of hydrogen-bond donors (Lipinski definition) is 2. The third kappa shape index (κ3) is 3.35. The largest absolute Gasteiger partial charge is 0.357 e. The van der Waals surface area contributed by atoms with E-state index in [1.165, 1.54) is 6.42 Å². The number of H-pyrrole nitrogens is 1. The van der Waals surface area contributed by atoms with Crippen molar-refractivity contribution in [1.29, 1.82) is 0 Å². The fraction of sp³-hybridized carbons (Fsp3) is 0.368. The summed E-state index contributed by atoms with van der Waals surface area (Å²) in [5, 5.41) is 2.87. The first kappa shape index (κ1) is 16.3. The van der Waals surface area contributed by atoms with Crippen molar-refractivity contribution in [3.8, 4) is 0 Å². The van der Waals surface area contributed by atoms with Gasteiger partial charge >= 0.3 is 0 Å². The normalized spacial score (nSPS) is 17.6. The van der Waals surface area contributed by atoms with Crippen molar-refractivity contribution >= 4 is 17.5 Å². The van der Waals surface area contributed by atoms with Gasteiger partial charge in [-0.1, -0.05) is 0 Å². The van der Waals surface area contributed by atoms with Gasteiger partial charge in [0.25, 0.3) is 11.8 Å². The Morgan fingerprint density at radius 3 is 2.75 bits per heavy atom. The van der Waals surface area contributed by atoms with E-state index in [9.17, 15) is 9.59 Å². The maximum Gasteiger partial charge on any atom is 0.272 e. The van der Waals surface area contributed by atoms with Crippen LogP contribution in [0.2, 0.25) is 0 Å². The van der Waals surface area contributed by atoms with Crippen molar-refractivity contribution < 1.29 is 9.59 Å². The summed E-state index contributed by atoms with van der Waals surface area (Å²) in [7, 11) is 0. The Morgan fingerprint density at radius 2 is 2.08 bits per heavy atom. The van der Waals surface area contributed by atoms with Crippen molar-refractivity contribution in [2.75, 3.05) is 11.9 Å². The molecule has 3 rings (SSSR count). The number of carbonyl (C=O) groups is 2. The molecule has 0 aliphatic carbocycles. The number of aromatic amines is 1. The molecule has 1 saturated heterocycles. The average Bonchev–Trinajstić information content (AvgIpc) is 3.11. The Kier molecular flexibility index (Phi) is 4.69. The highest BCUT2D eigenvalue weighted by Crippen LogP contribution is 2.22. The van der Waals surface area contributed by atoms with Gasteiger partial charge in [0.15, 0.2) is 0 Å². The summed E-state index contributed by atoms with van der Waals surface area (Å²) in [6, 6.07) is 9.25. The number of anilines is 1. The van der Waals surface area contributed by atoms with Crippen molar-refractivity contribution in [2.24, 2.45) is 0 Å².